The number of nitrogens with zero attached hydrogens (tertiary/aromatic N) is 3. The maximum absolute atomic E-state index is 12.8. The van der Waals surface area contributed by atoms with Crippen LogP contribution in [0.15, 0.2) is 65.8 Å². The van der Waals surface area contributed by atoms with Gasteiger partial charge >= 0.3 is 11.9 Å². The molecule has 36 heavy (non-hydrogen) atoms. The Hall–Kier alpha value is -5.01. The zero-order valence-corrected chi connectivity index (χ0v) is 18.2. The number of rotatable bonds is 8. The number of nitro benzene ring substituents is 2. The summed E-state index contributed by atoms with van der Waals surface area (Å²) in [5.41, 5.74) is 0.152. The molecule has 0 atom stereocenters. The van der Waals surface area contributed by atoms with Crippen molar-refractivity contribution in [2.75, 3.05) is 7.11 Å². The Labute approximate surface area is 200 Å². The van der Waals surface area contributed by atoms with Crippen LogP contribution in [0.3, 0.4) is 0 Å². The van der Waals surface area contributed by atoms with Crippen molar-refractivity contribution in [2.45, 2.75) is 6.18 Å². The van der Waals surface area contributed by atoms with Crippen LogP contribution in [0.1, 0.15) is 21.5 Å². The van der Waals surface area contributed by atoms with Crippen LogP contribution in [-0.2, 0) is 6.18 Å². The Bertz CT molecular complexity index is 1360. The summed E-state index contributed by atoms with van der Waals surface area (Å²) in [6, 6.07) is 10.9. The number of halogens is 3. The molecule has 0 heterocycles. The van der Waals surface area contributed by atoms with Crippen molar-refractivity contribution in [2.24, 2.45) is 5.10 Å². The minimum Gasteiger partial charge on any atom is -0.493 e. The van der Waals surface area contributed by atoms with E-state index in [1.807, 2.05) is 0 Å². The van der Waals surface area contributed by atoms with Gasteiger partial charge in [-0.1, -0.05) is 6.07 Å². The lowest BCUT2D eigenvalue weighted by molar-refractivity contribution is -0.394. The van der Waals surface area contributed by atoms with Gasteiger partial charge < -0.3 is 9.47 Å². The summed E-state index contributed by atoms with van der Waals surface area (Å²) in [5, 5.41) is 25.9. The quantitative estimate of drug-likeness (QED) is 0.255. The Morgan fingerprint density at radius 2 is 1.69 bits per heavy atom. The third-order valence-corrected chi connectivity index (χ3v) is 4.59. The number of hydrogen-bond donors (Lipinski definition) is 1. The van der Waals surface area contributed by atoms with Crippen LogP contribution >= 0.6 is 0 Å². The molecule has 0 saturated heterocycles. The minimum absolute atomic E-state index is 0.0413. The zero-order chi connectivity index (χ0) is 26.5. The monoisotopic (exact) mass is 504 g/mol. The number of non-ortho nitro benzene ring substituents is 1. The summed E-state index contributed by atoms with van der Waals surface area (Å²) < 4.78 is 49.2. The number of methoxy groups -OCH3 is 1. The second kappa shape index (κ2) is 10.5. The Morgan fingerprint density at radius 3 is 2.33 bits per heavy atom. The molecule has 0 saturated carbocycles. The fourth-order valence-corrected chi connectivity index (χ4v) is 2.88. The number of hydrogen-bond acceptors (Lipinski definition) is 8. The number of alkyl halides is 3. The van der Waals surface area contributed by atoms with Crippen molar-refractivity contribution < 1.29 is 37.3 Å². The van der Waals surface area contributed by atoms with Crippen LogP contribution in [0, 0.1) is 20.2 Å². The van der Waals surface area contributed by atoms with Crippen LogP contribution in [0.2, 0.25) is 0 Å². The molecule has 1 amide bonds. The van der Waals surface area contributed by atoms with E-state index in [1.165, 1.54) is 37.6 Å². The first-order valence-corrected chi connectivity index (χ1v) is 9.79. The molecular formula is C22H15F3N4O7. The highest BCUT2D eigenvalue weighted by Crippen LogP contribution is 2.38. The summed E-state index contributed by atoms with van der Waals surface area (Å²) in [6.45, 7) is 0. The topological polar surface area (TPSA) is 146 Å². The SMILES string of the molecule is COc1cc(C=NNC(=O)c2cccc(C(F)(F)F)c2)ccc1Oc1ccc([N+](=O)[O-])cc1[N+](=O)[O-]. The average Bonchev–Trinajstić information content (AvgIpc) is 2.84. The highest BCUT2D eigenvalue weighted by molar-refractivity contribution is 5.95. The fraction of sp³-hybridized carbons (Fsp3) is 0.0909. The molecule has 186 valence electrons. The van der Waals surface area contributed by atoms with Crippen LogP contribution in [0.25, 0.3) is 0 Å². The van der Waals surface area contributed by atoms with Gasteiger partial charge in [0.2, 0.25) is 5.75 Å². The van der Waals surface area contributed by atoms with E-state index in [0.29, 0.717) is 11.6 Å². The first-order valence-electron chi connectivity index (χ1n) is 9.79. The maximum Gasteiger partial charge on any atom is 0.416 e. The molecule has 0 unspecified atom stereocenters. The van der Waals surface area contributed by atoms with E-state index >= 15 is 0 Å². The molecule has 1 N–H and O–H groups in total. The van der Waals surface area contributed by atoms with Gasteiger partial charge in [0, 0.05) is 11.6 Å². The van der Waals surface area contributed by atoms with Gasteiger partial charge in [0.15, 0.2) is 11.5 Å². The summed E-state index contributed by atoms with van der Waals surface area (Å²) in [6.07, 6.45) is -3.42. The summed E-state index contributed by atoms with van der Waals surface area (Å²) in [7, 11) is 1.29. The third kappa shape index (κ3) is 6.11. The van der Waals surface area contributed by atoms with Crippen LogP contribution < -0.4 is 14.9 Å². The van der Waals surface area contributed by atoms with Gasteiger partial charge in [-0.3, -0.25) is 25.0 Å². The van der Waals surface area contributed by atoms with Crippen molar-refractivity contribution in [3.05, 3.63) is 97.6 Å². The first-order chi connectivity index (χ1) is 17.0. The number of amides is 1. The average molecular weight is 504 g/mol. The number of benzene rings is 3. The molecular weight excluding hydrogens is 489 g/mol. The second-order valence-electron chi connectivity index (χ2n) is 6.96. The number of carbonyl (C=O) groups is 1. The zero-order valence-electron chi connectivity index (χ0n) is 18.2. The number of hydrazone groups is 1. The van der Waals surface area contributed by atoms with Gasteiger partial charge in [0.05, 0.1) is 34.8 Å². The normalized spacial score (nSPS) is 11.2. The summed E-state index contributed by atoms with van der Waals surface area (Å²) in [5.74, 6) is -0.983. The number of carbonyl (C=O) groups excluding carboxylic acids is 1. The van der Waals surface area contributed by atoms with E-state index in [-0.39, 0.29) is 22.8 Å². The molecule has 0 radical (unpaired) electrons. The molecule has 0 aromatic heterocycles. The molecule has 0 fully saturated rings. The number of nitro groups is 2. The highest BCUT2D eigenvalue weighted by Gasteiger charge is 2.30. The molecule has 0 aliphatic heterocycles. The lowest BCUT2D eigenvalue weighted by atomic mass is 10.1. The van der Waals surface area contributed by atoms with Gasteiger partial charge in [0.25, 0.3) is 11.6 Å². The predicted molar refractivity (Wildman–Crippen MR) is 119 cm³/mol. The standard InChI is InChI=1S/C22H15F3N4O7/c1-35-20-9-13(12-26-27-21(30)14-3-2-4-15(10-14)22(23,24)25)5-7-19(20)36-18-8-6-16(28(31)32)11-17(18)29(33)34/h2-12H,1H3,(H,27,30). The van der Waals surface area contributed by atoms with E-state index in [2.05, 4.69) is 10.5 Å². The third-order valence-electron chi connectivity index (χ3n) is 4.59. The lowest BCUT2D eigenvalue weighted by Gasteiger charge is -2.11. The van der Waals surface area contributed by atoms with Crippen molar-refractivity contribution in [1.82, 2.24) is 5.43 Å². The molecule has 0 aliphatic carbocycles. The van der Waals surface area contributed by atoms with Gasteiger partial charge in [-0.05, 0) is 48.0 Å². The Kier molecular flexibility index (Phi) is 7.47. The van der Waals surface area contributed by atoms with Crippen molar-refractivity contribution >= 4 is 23.5 Å². The number of ether oxygens (including phenoxy) is 2. The van der Waals surface area contributed by atoms with Crippen molar-refractivity contribution in [3.63, 3.8) is 0 Å². The summed E-state index contributed by atoms with van der Waals surface area (Å²) >= 11 is 0. The van der Waals surface area contributed by atoms with E-state index in [0.717, 1.165) is 30.3 Å². The molecule has 11 nitrogen and oxygen atoms in total. The van der Waals surface area contributed by atoms with Crippen molar-refractivity contribution in [1.29, 1.82) is 0 Å². The Morgan fingerprint density at radius 1 is 0.972 bits per heavy atom. The van der Waals surface area contributed by atoms with Gasteiger partial charge in [-0.2, -0.15) is 18.3 Å². The molecule has 0 aliphatic rings. The minimum atomic E-state index is -4.60. The molecule has 0 bridgehead atoms. The maximum atomic E-state index is 12.8. The molecule has 3 aromatic carbocycles. The Balaban J connectivity index is 1.76. The van der Waals surface area contributed by atoms with Crippen molar-refractivity contribution in [3.8, 4) is 17.2 Å². The van der Waals surface area contributed by atoms with Gasteiger partial charge in [0.1, 0.15) is 0 Å². The van der Waals surface area contributed by atoms with Crippen LogP contribution in [0.5, 0.6) is 17.2 Å². The summed E-state index contributed by atoms with van der Waals surface area (Å²) in [4.78, 5) is 32.7. The molecule has 3 aromatic rings. The second-order valence-corrected chi connectivity index (χ2v) is 6.96. The first kappa shape index (κ1) is 25.6. The molecule has 14 heteroatoms. The van der Waals surface area contributed by atoms with E-state index < -0.39 is 38.9 Å². The lowest BCUT2D eigenvalue weighted by Crippen LogP contribution is -2.18. The van der Waals surface area contributed by atoms with E-state index in [4.69, 9.17) is 9.47 Å². The molecule has 3 rings (SSSR count). The predicted octanol–water partition coefficient (Wildman–Crippen LogP) is 5.09. The smallest absolute Gasteiger partial charge is 0.416 e. The largest absolute Gasteiger partial charge is 0.493 e. The van der Waals surface area contributed by atoms with E-state index in [1.54, 1.807) is 0 Å². The van der Waals surface area contributed by atoms with Crippen LogP contribution in [-0.4, -0.2) is 29.1 Å². The van der Waals surface area contributed by atoms with Crippen LogP contribution in [0.4, 0.5) is 24.5 Å². The molecule has 0 spiro atoms. The highest BCUT2D eigenvalue weighted by atomic mass is 19.4. The van der Waals surface area contributed by atoms with Gasteiger partial charge in [-0.15, -0.1) is 0 Å². The fourth-order valence-electron chi connectivity index (χ4n) is 2.88. The van der Waals surface area contributed by atoms with E-state index in [9.17, 15) is 38.2 Å². The van der Waals surface area contributed by atoms with Gasteiger partial charge in [-0.25, -0.2) is 5.43 Å². The number of nitrogens with one attached hydrogen (secondary N) is 1.